The van der Waals surface area contributed by atoms with Gasteiger partial charge in [-0.3, -0.25) is 4.79 Å². The highest BCUT2D eigenvalue weighted by Gasteiger charge is 2.32. The molecule has 5 nitrogen and oxygen atoms in total. The molecule has 0 saturated carbocycles. The number of carbonyl (C=O) groups is 1. The molecule has 0 aliphatic rings. The van der Waals surface area contributed by atoms with E-state index in [4.69, 9.17) is 4.74 Å². The maximum absolute atomic E-state index is 12.8. The minimum atomic E-state index is -4.80. The van der Waals surface area contributed by atoms with Crippen molar-refractivity contribution in [2.75, 3.05) is 7.11 Å². The highest BCUT2D eigenvalue weighted by atomic mass is 19.4. The summed E-state index contributed by atoms with van der Waals surface area (Å²) >= 11 is 0. The van der Waals surface area contributed by atoms with Crippen LogP contribution < -0.4 is 9.47 Å². The van der Waals surface area contributed by atoms with Crippen molar-refractivity contribution in [3.05, 3.63) is 96.6 Å². The molecule has 8 heteroatoms. The van der Waals surface area contributed by atoms with Gasteiger partial charge in [0, 0.05) is 23.0 Å². The number of halogens is 3. The number of aromatic nitrogens is 2. The number of imidazole rings is 1. The standard InChI is InChI=1S/C24H17F3N2O3/c1-31-19-9-5-7-17(13-19)23(30)21-14-29(15-28-21)18-8-4-6-16(12-18)20-10-2-3-11-22(20)32-24(25,26)27/h2-15H,1H3. The van der Waals surface area contributed by atoms with E-state index in [1.807, 2.05) is 0 Å². The highest BCUT2D eigenvalue weighted by Crippen LogP contribution is 2.34. The van der Waals surface area contributed by atoms with Gasteiger partial charge in [0.2, 0.25) is 5.78 Å². The van der Waals surface area contributed by atoms with Gasteiger partial charge in [0.1, 0.15) is 23.5 Å². The monoisotopic (exact) mass is 438 g/mol. The average molecular weight is 438 g/mol. The predicted molar refractivity (Wildman–Crippen MR) is 112 cm³/mol. The van der Waals surface area contributed by atoms with Crippen LogP contribution in [0.5, 0.6) is 11.5 Å². The number of nitrogens with zero attached hydrogens (tertiary/aromatic N) is 2. The summed E-state index contributed by atoms with van der Waals surface area (Å²) in [5, 5.41) is 0. The summed E-state index contributed by atoms with van der Waals surface area (Å²) in [6.07, 6.45) is -1.75. The zero-order chi connectivity index (χ0) is 22.7. The molecule has 162 valence electrons. The third-order valence-electron chi connectivity index (χ3n) is 4.72. The van der Waals surface area contributed by atoms with Crippen molar-refractivity contribution in [3.8, 4) is 28.3 Å². The van der Waals surface area contributed by atoms with Gasteiger partial charge in [0.25, 0.3) is 0 Å². The van der Waals surface area contributed by atoms with E-state index in [-0.39, 0.29) is 17.2 Å². The summed E-state index contributed by atoms with van der Waals surface area (Å²) in [4.78, 5) is 17.0. The lowest BCUT2D eigenvalue weighted by Gasteiger charge is -2.14. The first kappa shape index (κ1) is 21.2. The molecule has 0 bridgehead atoms. The van der Waals surface area contributed by atoms with Crippen molar-refractivity contribution in [3.63, 3.8) is 0 Å². The van der Waals surface area contributed by atoms with Crippen LogP contribution in [0.2, 0.25) is 0 Å². The number of alkyl halides is 3. The Hall–Kier alpha value is -4.07. The molecule has 0 aliphatic carbocycles. The van der Waals surface area contributed by atoms with Gasteiger partial charge < -0.3 is 14.0 Å². The van der Waals surface area contributed by atoms with Crippen LogP contribution >= 0.6 is 0 Å². The molecule has 0 aliphatic heterocycles. The number of benzene rings is 3. The number of hydrogen-bond donors (Lipinski definition) is 0. The van der Waals surface area contributed by atoms with Crippen LogP contribution in [0.3, 0.4) is 0 Å². The van der Waals surface area contributed by atoms with Crippen molar-refractivity contribution < 1.29 is 27.4 Å². The second-order valence-corrected chi connectivity index (χ2v) is 6.82. The van der Waals surface area contributed by atoms with Crippen LogP contribution in [0.4, 0.5) is 13.2 Å². The zero-order valence-electron chi connectivity index (χ0n) is 16.8. The Morgan fingerprint density at radius 1 is 0.969 bits per heavy atom. The molecule has 4 rings (SSSR count). The van der Waals surface area contributed by atoms with Crippen molar-refractivity contribution in [2.45, 2.75) is 6.36 Å². The van der Waals surface area contributed by atoms with Crippen LogP contribution in [0.1, 0.15) is 16.1 Å². The smallest absolute Gasteiger partial charge is 0.497 e. The maximum Gasteiger partial charge on any atom is 0.573 e. The number of rotatable bonds is 6. The molecular weight excluding hydrogens is 421 g/mol. The van der Waals surface area contributed by atoms with Crippen LogP contribution in [-0.2, 0) is 0 Å². The van der Waals surface area contributed by atoms with Crippen molar-refractivity contribution >= 4 is 5.78 Å². The van der Waals surface area contributed by atoms with Gasteiger partial charge in [0.05, 0.1) is 7.11 Å². The van der Waals surface area contributed by atoms with Crippen LogP contribution in [0.15, 0.2) is 85.3 Å². The second kappa shape index (κ2) is 8.58. The average Bonchev–Trinajstić information content (AvgIpc) is 3.28. The number of ketones is 1. The van der Waals surface area contributed by atoms with Gasteiger partial charge in [0.15, 0.2) is 0 Å². The molecule has 0 atom stereocenters. The summed E-state index contributed by atoms with van der Waals surface area (Å²) in [5.74, 6) is -0.0119. The zero-order valence-corrected chi connectivity index (χ0v) is 16.8. The second-order valence-electron chi connectivity index (χ2n) is 6.82. The summed E-state index contributed by atoms with van der Waals surface area (Å²) in [6.45, 7) is 0. The van der Waals surface area contributed by atoms with E-state index in [0.29, 0.717) is 28.1 Å². The maximum atomic E-state index is 12.8. The van der Waals surface area contributed by atoms with Gasteiger partial charge in [-0.05, 0) is 35.9 Å². The first-order valence-corrected chi connectivity index (χ1v) is 9.52. The number of methoxy groups -OCH3 is 1. The van der Waals surface area contributed by atoms with E-state index in [9.17, 15) is 18.0 Å². The fourth-order valence-corrected chi connectivity index (χ4v) is 3.25. The number of hydrogen-bond acceptors (Lipinski definition) is 4. The third-order valence-corrected chi connectivity index (χ3v) is 4.72. The minimum Gasteiger partial charge on any atom is -0.497 e. The SMILES string of the molecule is COc1cccc(C(=O)c2cn(-c3cccc(-c4ccccc4OC(F)(F)F)c3)cn2)c1. The number of para-hydroxylation sites is 1. The Balaban J connectivity index is 1.64. The van der Waals surface area contributed by atoms with Gasteiger partial charge >= 0.3 is 6.36 Å². The summed E-state index contributed by atoms with van der Waals surface area (Å²) in [7, 11) is 1.52. The molecule has 0 unspecified atom stereocenters. The highest BCUT2D eigenvalue weighted by molar-refractivity contribution is 6.07. The van der Waals surface area contributed by atoms with Gasteiger partial charge in [-0.25, -0.2) is 4.98 Å². The molecule has 0 radical (unpaired) electrons. The van der Waals surface area contributed by atoms with Crippen molar-refractivity contribution in [1.82, 2.24) is 9.55 Å². The Labute approximate surface area is 181 Å². The Morgan fingerprint density at radius 2 is 1.75 bits per heavy atom. The van der Waals surface area contributed by atoms with E-state index in [1.54, 1.807) is 71.4 Å². The largest absolute Gasteiger partial charge is 0.573 e. The Kier molecular flexibility index (Phi) is 5.68. The lowest BCUT2D eigenvalue weighted by Crippen LogP contribution is -2.17. The normalized spacial score (nSPS) is 11.2. The lowest BCUT2D eigenvalue weighted by atomic mass is 10.0. The minimum absolute atomic E-state index is 0.226. The van der Waals surface area contributed by atoms with E-state index in [1.165, 1.54) is 25.6 Å². The molecule has 0 saturated heterocycles. The third kappa shape index (κ3) is 4.64. The summed E-state index contributed by atoms with van der Waals surface area (Å²) in [6, 6.07) is 19.5. The molecule has 0 fully saturated rings. The van der Waals surface area contributed by atoms with Crippen LogP contribution in [-0.4, -0.2) is 28.8 Å². The predicted octanol–water partition coefficient (Wildman–Crippen LogP) is 5.68. The lowest BCUT2D eigenvalue weighted by molar-refractivity contribution is -0.274. The fourth-order valence-electron chi connectivity index (χ4n) is 3.25. The van der Waals surface area contributed by atoms with Gasteiger partial charge in [-0.1, -0.05) is 42.5 Å². The van der Waals surface area contributed by atoms with Crippen molar-refractivity contribution in [2.24, 2.45) is 0 Å². The molecule has 3 aromatic carbocycles. The van der Waals surface area contributed by atoms with E-state index in [2.05, 4.69) is 9.72 Å². The topological polar surface area (TPSA) is 53.4 Å². The summed E-state index contributed by atoms with van der Waals surface area (Å²) < 4.78 is 49.3. The molecular formula is C24H17F3N2O3. The molecule has 0 amide bonds. The molecule has 0 spiro atoms. The van der Waals surface area contributed by atoms with E-state index in [0.717, 1.165) is 0 Å². The van der Waals surface area contributed by atoms with E-state index >= 15 is 0 Å². The van der Waals surface area contributed by atoms with E-state index < -0.39 is 6.36 Å². The van der Waals surface area contributed by atoms with Crippen molar-refractivity contribution in [1.29, 1.82) is 0 Å². The number of carbonyl (C=O) groups excluding carboxylic acids is 1. The Morgan fingerprint density at radius 3 is 2.53 bits per heavy atom. The first-order chi connectivity index (χ1) is 15.3. The molecule has 4 aromatic rings. The summed E-state index contributed by atoms with van der Waals surface area (Å²) in [5.41, 5.74) is 2.10. The first-order valence-electron chi connectivity index (χ1n) is 9.52. The molecule has 1 heterocycles. The van der Waals surface area contributed by atoms with Gasteiger partial charge in [-0.15, -0.1) is 13.2 Å². The molecule has 1 aromatic heterocycles. The molecule has 32 heavy (non-hydrogen) atoms. The van der Waals surface area contributed by atoms with Crippen LogP contribution in [0, 0.1) is 0 Å². The fraction of sp³-hybridized carbons (Fsp3) is 0.0833. The van der Waals surface area contributed by atoms with Gasteiger partial charge in [-0.2, -0.15) is 0 Å². The van der Waals surface area contributed by atoms with Crippen LogP contribution in [0.25, 0.3) is 16.8 Å². The quantitative estimate of drug-likeness (QED) is 0.364. The molecule has 0 N–H and O–H groups in total. The number of ether oxygens (including phenoxy) is 2. The Bertz CT molecular complexity index is 1270.